The zero-order chi connectivity index (χ0) is 10.7. The van der Waals surface area contributed by atoms with E-state index in [0.29, 0.717) is 12.8 Å². The summed E-state index contributed by atoms with van der Waals surface area (Å²) in [5.41, 5.74) is 5.66. The van der Waals surface area contributed by atoms with Crippen LogP contribution in [0.2, 0.25) is 0 Å². The summed E-state index contributed by atoms with van der Waals surface area (Å²) in [5.74, 6) is -0.0344. The number of hydrogen-bond acceptors (Lipinski definition) is 3. The normalized spacial score (nSPS) is 38.0. The standard InChI is InChI=1S/C10H19FN2O/c1-3-13(2)10-5-9(12)8(11)4-7(10)6-14/h3,7-10,14H,1,4-6,12H2,2H3. The summed E-state index contributed by atoms with van der Waals surface area (Å²) in [4.78, 5) is 1.91. The first kappa shape index (κ1) is 11.5. The summed E-state index contributed by atoms with van der Waals surface area (Å²) in [5, 5.41) is 9.14. The molecule has 1 fully saturated rings. The number of hydrogen-bond donors (Lipinski definition) is 2. The molecule has 4 heteroatoms. The lowest BCUT2D eigenvalue weighted by Gasteiger charge is -2.40. The first-order valence-corrected chi connectivity index (χ1v) is 4.95. The topological polar surface area (TPSA) is 49.5 Å². The van der Waals surface area contributed by atoms with Crippen molar-refractivity contribution in [3.8, 4) is 0 Å². The van der Waals surface area contributed by atoms with Gasteiger partial charge in [-0.25, -0.2) is 4.39 Å². The van der Waals surface area contributed by atoms with Gasteiger partial charge in [-0.05, 0) is 19.0 Å². The van der Waals surface area contributed by atoms with Crippen molar-refractivity contribution in [3.05, 3.63) is 12.8 Å². The van der Waals surface area contributed by atoms with Gasteiger partial charge < -0.3 is 15.7 Å². The highest BCUT2D eigenvalue weighted by Gasteiger charge is 2.36. The molecule has 3 N–H and O–H groups in total. The molecule has 0 aromatic rings. The molecule has 14 heavy (non-hydrogen) atoms. The maximum Gasteiger partial charge on any atom is 0.116 e. The molecule has 4 atom stereocenters. The van der Waals surface area contributed by atoms with E-state index in [0.717, 1.165) is 0 Å². The number of aliphatic hydroxyl groups is 1. The van der Waals surface area contributed by atoms with Gasteiger partial charge >= 0.3 is 0 Å². The fourth-order valence-electron chi connectivity index (χ4n) is 2.07. The average molecular weight is 202 g/mol. The van der Waals surface area contributed by atoms with Crippen LogP contribution < -0.4 is 5.73 Å². The van der Waals surface area contributed by atoms with Crippen molar-refractivity contribution in [1.82, 2.24) is 4.90 Å². The van der Waals surface area contributed by atoms with Gasteiger partial charge in [0.15, 0.2) is 0 Å². The summed E-state index contributed by atoms with van der Waals surface area (Å²) >= 11 is 0. The van der Waals surface area contributed by atoms with Crippen LogP contribution in [0.15, 0.2) is 12.8 Å². The van der Waals surface area contributed by atoms with Crippen LogP contribution >= 0.6 is 0 Å². The van der Waals surface area contributed by atoms with Gasteiger partial charge in [0.2, 0.25) is 0 Å². The van der Waals surface area contributed by atoms with E-state index in [2.05, 4.69) is 6.58 Å². The van der Waals surface area contributed by atoms with Crippen LogP contribution in [0.25, 0.3) is 0 Å². The molecule has 0 amide bonds. The predicted molar refractivity (Wildman–Crippen MR) is 54.4 cm³/mol. The van der Waals surface area contributed by atoms with Crippen molar-refractivity contribution < 1.29 is 9.50 Å². The van der Waals surface area contributed by atoms with Crippen molar-refractivity contribution in [2.24, 2.45) is 11.7 Å². The third-order valence-electron chi connectivity index (χ3n) is 3.10. The molecule has 82 valence electrons. The Bertz CT molecular complexity index is 201. The maximum atomic E-state index is 13.3. The Labute approximate surface area is 84.4 Å². The Morgan fingerprint density at radius 1 is 1.64 bits per heavy atom. The minimum Gasteiger partial charge on any atom is -0.396 e. The quantitative estimate of drug-likeness (QED) is 0.700. The molecule has 1 aliphatic carbocycles. The average Bonchev–Trinajstić information content (AvgIpc) is 2.20. The highest BCUT2D eigenvalue weighted by Crippen LogP contribution is 2.29. The lowest BCUT2D eigenvalue weighted by Crippen LogP contribution is -2.50. The highest BCUT2D eigenvalue weighted by molar-refractivity contribution is 4.94. The van der Waals surface area contributed by atoms with Crippen molar-refractivity contribution >= 4 is 0 Å². The fourth-order valence-corrected chi connectivity index (χ4v) is 2.07. The second-order valence-corrected chi connectivity index (χ2v) is 4.01. The Morgan fingerprint density at radius 2 is 2.29 bits per heavy atom. The lowest BCUT2D eigenvalue weighted by molar-refractivity contribution is 0.0560. The largest absolute Gasteiger partial charge is 0.396 e. The Kier molecular flexibility index (Phi) is 3.89. The first-order valence-electron chi connectivity index (χ1n) is 4.95. The molecule has 0 radical (unpaired) electrons. The molecule has 0 aromatic carbocycles. The van der Waals surface area contributed by atoms with Gasteiger partial charge in [-0.2, -0.15) is 0 Å². The van der Waals surface area contributed by atoms with E-state index in [1.54, 1.807) is 6.20 Å². The molecular formula is C10H19FN2O. The van der Waals surface area contributed by atoms with Gasteiger partial charge in [0, 0.05) is 31.7 Å². The molecule has 4 unspecified atom stereocenters. The number of aliphatic hydroxyl groups excluding tert-OH is 1. The molecule has 0 heterocycles. The number of nitrogens with zero attached hydrogens (tertiary/aromatic N) is 1. The van der Waals surface area contributed by atoms with Crippen LogP contribution in [0.4, 0.5) is 4.39 Å². The van der Waals surface area contributed by atoms with Gasteiger partial charge in [0.05, 0.1) is 0 Å². The van der Waals surface area contributed by atoms with E-state index in [1.807, 2.05) is 11.9 Å². The van der Waals surface area contributed by atoms with E-state index in [9.17, 15) is 4.39 Å². The van der Waals surface area contributed by atoms with Crippen molar-refractivity contribution in [3.63, 3.8) is 0 Å². The van der Waals surface area contributed by atoms with Crippen LogP contribution in [0.3, 0.4) is 0 Å². The third kappa shape index (κ3) is 2.25. The molecule has 1 aliphatic rings. The van der Waals surface area contributed by atoms with Gasteiger partial charge in [-0.3, -0.25) is 0 Å². The number of halogens is 1. The smallest absolute Gasteiger partial charge is 0.116 e. The Hall–Kier alpha value is -0.610. The van der Waals surface area contributed by atoms with Gasteiger partial charge in [0.1, 0.15) is 6.17 Å². The minimum atomic E-state index is -0.985. The molecule has 0 aromatic heterocycles. The molecule has 0 spiro atoms. The Morgan fingerprint density at radius 3 is 2.79 bits per heavy atom. The molecule has 1 rings (SSSR count). The minimum absolute atomic E-state index is 0.00991. The summed E-state index contributed by atoms with van der Waals surface area (Å²) in [6.45, 7) is 3.67. The molecule has 0 bridgehead atoms. The molecule has 3 nitrogen and oxygen atoms in total. The second-order valence-electron chi connectivity index (χ2n) is 4.01. The predicted octanol–water partition coefficient (Wildman–Crippen LogP) is 0.498. The first-order chi connectivity index (χ1) is 6.60. The molecule has 1 saturated carbocycles. The van der Waals surface area contributed by atoms with Crippen molar-refractivity contribution in [2.75, 3.05) is 13.7 Å². The van der Waals surface area contributed by atoms with Crippen LogP contribution in [0.5, 0.6) is 0 Å². The molecular weight excluding hydrogens is 183 g/mol. The SMILES string of the molecule is C=CN(C)C1CC(N)C(F)CC1CO. The van der Waals surface area contributed by atoms with Crippen molar-refractivity contribution in [1.29, 1.82) is 0 Å². The number of alkyl halides is 1. The zero-order valence-electron chi connectivity index (χ0n) is 8.56. The summed E-state index contributed by atoms with van der Waals surface area (Å²) < 4.78 is 13.3. The summed E-state index contributed by atoms with van der Waals surface area (Å²) in [6.07, 6.45) is 1.63. The van der Waals surface area contributed by atoms with Crippen LogP contribution in [0, 0.1) is 5.92 Å². The number of nitrogens with two attached hydrogens (primary N) is 1. The van der Waals surface area contributed by atoms with E-state index in [1.165, 1.54) is 0 Å². The third-order valence-corrected chi connectivity index (χ3v) is 3.10. The monoisotopic (exact) mass is 202 g/mol. The Balaban J connectivity index is 2.67. The van der Waals surface area contributed by atoms with Crippen LogP contribution in [0.1, 0.15) is 12.8 Å². The lowest BCUT2D eigenvalue weighted by atomic mass is 9.80. The molecule has 0 saturated heterocycles. The van der Waals surface area contributed by atoms with Crippen molar-refractivity contribution in [2.45, 2.75) is 31.1 Å². The highest BCUT2D eigenvalue weighted by atomic mass is 19.1. The van der Waals surface area contributed by atoms with Gasteiger partial charge in [-0.15, -0.1) is 0 Å². The summed E-state index contributed by atoms with van der Waals surface area (Å²) in [6, 6.07) is -0.301. The second kappa shape index (κ2) is 4.75. The van der Waals surface area contributed by atoms with E-state index in [-0.39, 0.29) is 18.6 Å². The molecule has 0 aliphatic heterocycles. The van der Waals surface area contributed by atoms with Gasteiger partial charge in [-0.1, -0.05) is 6.58 Å². The van der Waals surface area contributed by atoms with Crippen LogP contribution in [-0.2, 0) is 0 Å². The maximum absolute atomic E-state index is 13.3. The fraction of sp³-hybridized carbons (Fsp3) is 0.800. The zero-order valence-corrected chi connectivity index (χ0v) is 8.56. The van der Waals surface area contributed by atoms with E-state index >= 15 is 0 Å². The van der Waals surface area contributed by atoms with Crippen LogP contribution in [-0.4, -0.2) is 41.9 Å². The van der Waals surface area contributed by atoms with E-state index < -0.39 is 12.2 Å². The van der Waals surface area contributed by atoms with E-state index in [4.69, 9.17) is 10.8 Å². The summed E-state index contributed by atoms with van der Waals surface area (Å²) in [7, 11) is 1.88. The van der Waals surface area contributed by atoms with Gasteiger partial charge in [0.25, 0.3) is 0 Å². The number of rotatable bonds is 3.